The van der Waals surface area contributed by atoms with E-state index in [9.17, 15) is 14.4 Å². The molecular weight excluding hydrogens is 664 g/mol. The van der Waals surface area contributed by atoms with Crippen molar-refractivity contribution >= 4 is 41.0 Å². The molecule has 51 heavy (non-hydrogen) atoms. The molecule has 0 unspecified atom stereocenters. The third-order valence-corrected chi connectivity index (χ3v) is 13.4. The molecule has 5 aliphatic rings. The number of anilines is 2. The van der Waals surface area contributed by atoms with Gasteiger partial charge in [-0.3, -0.25) is 14.5 Å². The molecule has 0 spiro atoms. The van der Waals surface area contributed by atoms with Gasteiger partial charge >= 0.3 is 6.03 Å². The average molecular weight is 719 g/mol. The van der Waals surface area contributed by atoms with Crippen molar-refractivity contribution < 1.29 is 18.8 Å². The first-order chi connectivity index (χ1) is 24.6. The number of thioether (sulfide) groups is 1. The van der Waals surface area contributed by atoms with Gasteiger partial charge in [-0.15, -0.1) is 11.8 Å². The Kier molecular flexibility index (Phi) is 10.9. The van der Waals surface area contributed by atoms with Crippen LogP contribution in [0.2, 0.25) is 0 Å². The molecule has 7 rings (SSSR count). The Labute approximate surface area is 307 Å². The molecule has 2 atom stereocenters. The number of rotatable bonds is 7. The Morgan fingerprint density at radius 1 is 0.882 bits per heavy atom. The highest BCUT2D eigenvalue weighted by atomic mass is 32.2. The molecule has 2 aromatic carbocycles. The SMILES string of the molecule is CC(C)(C)N1CCN(c2c(F)cccc2[C@H]2S[C@@H](CC(=O)N3CCC(N4CCc5ccccc5NC4=O)CC3)C(=O)N2CC2CCCCC2)CC1. The number of amides is 4. The highest BCUT2D eigenvalue weighted by molar-refractivity contribution is 8.01. The number of nitrogens with one attached hydrogen (secondary N) is 1. The number of hydrogen-bond donors (Lipinski definition) is 1. The van der Waals surface area contributed by atoms with Crippen molar-refractivity contribution in [3.63, 3.8) is 0 Å². The van der Waals surface area contributed by atoms with Crippen LogP contribution in [0, 0.1) is 11.7 Å². The second-order valence-electron chi connectivity index (χ2n) is 16.1. The molecule has 2 aromatic rings. The van der Waals surface area contributed by atoms with Crippen LogP contribution < -0.4 is 10.2 Å². The number of likely N-dealkylation sites (tertiary alicyclic amines) is 1. The lowest BCUT2D eigenvalue weighted by molar-refractivity contribution is -0.137. The second kappa shape index (κ2) is 15.3. The summed E-state index contributed by atoms with van der Waals surface area (Å²) in [6.45, 7) is 12.3. The fourth-order valence-corrected chi connectivity index (χ4v) is 10.4. The number of fused-ring (bicyclic) bond motifs is 1. The minimum Gasteiger partial charge on any atom is -0.366 e. The maximum Gasteiger partial charge on any atom is 0.322 e. The van der Waals surface area contributed by atoms with Crippen molar-refractivity contribution in [2.75, 3.05) is 62.6 Å². The first kappa shape index (κ1) is 36.1. The number of halogens is 1. The van der Waals surface area contributed by atoms with E-state index in [1.807, 2.05) is 39.0 Å². The predicted octanol–water partition coefficient (Wildman–Crippen LogP) is 6.74. The number of benzene rings is 2. The van der Waals surface area contributed by atoms with Crippen molar-refractivity contribution in [1.29, 1.82) is 0 Å². The largest absolute Gasteiger partial charge is 0.366 e. The monoisotopic (exact) mass is 718 g/mol. The van der Waals surface area contributed by atoms with E-state index in [2.05, 4.69) is 42.0 Å². The molecule has 4 aliphatic heterocycles. The number of piperidine rings is 1. The van der Waals surface area contributed by atoms with Gasteiger partial charge in [0, 0.05) is 81.6 Å². The second-order valence-corrected chi connectivity index (χ2v) is 17.4. The summed E-state index contributed by atoms with van der Waals surface area (Å²) in [6.07, 6.45) is 8.17. The van der Waals surface area contributed by atoms with E-state index >= 15 is 4.39 Å². The molecule has 276 valence electrons. The number of carbonyl (C=O) groups is 3. The summed E-state index contributed by atoms with van der Waals surface area (Å²) < 4.78 is 15.9. The van der Waals surface area contributed by atoms with Gasteiger partial charge in [0.2, 0.25) is 11.8 Å². The van der Waals surface area contributed by atoms with E-state index in [-0.39, 0.29) is 47.0 Å². The zero-order valence-corrected chi connectivity index (χ0v) is 31.4. The number of piperazine rings is 1. The van der Waals surface area contributed by atoms with Crippen LogP contribution in [0.15, 0.2) is 42.5 Å². The molecule has 0 aromatic heterocycles. The Balaban J connectivity index is 1.03. The average Bonchev–Trinajstić information content (AvgIpc) is 3.31. The van der Waals surface area contributed by atoms with Gasteiger partial charge in [0.05, 0.1) is 10.9 Å². The van der Waals surface area contributed by atoms with Crippen molar-refractivity contribution in [2.24, 2.45) is 5.92 Å². The Hall–Kier alpha value is -3.31. The first-order valence-corrected chi connectivity index (χ1v) is 20.2. The number of nitrogens with zero attached hydrogens (tertiary/aromatic N) is 5. The lowest BCUT2D eigenvalue weighted by atomic mass is 9.88. The topological polar surface area (TPSA) is 79.4 Å². The lowest BCUT2D eigenvalue weighted by Crippen LogP contribution is -2.53. The van der Waals surface area contributed by atoms with Gasteiger partial charge in [-0.25, -0.2) is 9.18 Å². The summed E-state index contributed by atoms with van der Waals surface area (Å²) in [5, 5.41) is 2.24. The Morgan fingerprint density at radius 2 is 1.61 bits per heavy atom. The number of para-hydroxylation sites is 2. The first-order valence-electron chi connectivity index (χ1n) is 19.2. The zero-order valence-electron chi connectivity index (χ0n) is 30.6. The summed E-state index contributed by atoms with van der Waals surface area (Å²) in [4.78, 5) is 51.7. The molecule has 3 saturated heterocycles. The molecule has 11 heteroatoms. The van der Waals surface area contributed by atoms with Crippen molar-refractivity contribution in [2.45, 2.75) is 101 Å². The van der Waals surface area contributed by atoms with Gasteiger partial charge in [0.1, 0.15) is 11.2 Å². The molecule has 1 N–H and O–H groups in total. The van der Waals surface area contributed by atoms with Crippen LogP contribution in [0.3, 0.4) is 0 Å². The predicted molar refractivity (Wildman–Crippen MR) is 202 cm³/mol. The van der Waals surface area contributed by atoms with Crippen LogP contribution in [0.25, 0.3) is 0 Å². The fourth-order valence-electron chi connectivity index (χ4n) is 8.92. The molecule has 0 bridgehead atoms. The summed E-state index contributed by atoms with van der Waals surface area (Å²) in [5.41, 5.74) is 3.53. The van der Waals surface area contributed by atoms with E-state index in [4.69, 9.17) is 0 Å². The summed E-state index contributed by atoms with van der Waals surface area (Å²) in [5.74, 6) is 0.178. The normalized spacial score (nSPS) is 24.5. The summed E-state index contributed by atoms with van der Waals surface area (Å²) in [7, 11) is 0. The van der Waals surface area contributed by atoms with Gasteiger partial charge < -0.3 is 24.9 Å². The van der Waals surface area contributed by atoms with Crippen LogP contribution >= 0.6 is 11.8 Å². The van der Waals surface area contributed by atoms with Crippen LogP contribution in [-0.4, -0.2) is 107 Å². The summed E-state index contributed by atoms with van der Waals surface area (Å²) >= 11 is 1.54. The Bertz CT molecular complexity index is 1580. The molecule has 4 fully saturated rings. The molecule has 9 nitrogen and oxygen atoms in total. The number of urea groups is 1. The van der Waals surface area contributed by atoms with E-state index in [1.54, 1.807) is 12.1 Å². The minimum atomic E-state index is -0.507. The van der Waals surface area contributed by atoms with Gasteiger partial charge in [-0.2, -0.15) is 0 Å². The maximum absolute atomic E-state index is 15.9. The molecule has 1 aliphatic carbocycles. The van der Waals surface area contributed by atoms with Crippen molar-refractivity contribution in [3.8, 4) is 0 Å². The van der Waals surface area contributed by atoms with Crippen molar-refractivity contribution in [1.82, 2.24) is 19.6 Å². The summed E-state index contributed by atoms with van der Waals surface area (Å²) in [6, 6.07) is 13.3. The third-order valence-electron chi connectivity index (χ3n) is 11.9. The van der Waals surface area contributed by atoms with E-state index < -0.39 is 5.25 Å². The van der Waals surface area contributed by atoms with Gasteiger partial charge in [0.15, 0.2) is 0 Å². The van der Waals surface area contributed by atoms with E-state index in [0.717, 1.165) is 62.3 Å². The quantitative estimate of drug-likeness (QED) is 0.342. The maximum atomic E-state index is 15.9. The van der Waals surface area contributed by atoms with Crippen molar-refractivity contribution in [3.05, 3.63) is 59.4 Å². The van der Waals surface area contributed by atoms with Gasteiger partial charge in [-0.05, 0) is 76.5 Å². The molecule has 4 heterocycles. The standard InChI is InChI=1S/C40H55FN6O3S/c1-40(2,3)45-24-22-44(23-25-45)36-31(13-9-14-32(36)41)38-47(27-28-10-5-4-6-11-28)37(49)34(51-38)26-35(48)43-19-17-30(18-20-43)46-21-16-29-12-7-8-15-33(29)42-39(46)50/h7-9,12-15,28,30,34,38H,4-6,10-11,16-27H2,1-3H3,(H,42,50)/t34-,38+/m0/s1. The van der Waals surface area contributed by atoms with E-state index in [0.29, 0.717) is 50.6 Å². The van der Waals surface area contributed by atoms with Crippen LogP contribution in [0.5, 0.6) is 0 Å². The molecule has 1 saturated carbocycles. The van der Waals surface area contributed by atoms with Gasteiger partial charge in [0.25, 0.3) is 0 Å². The van der Waals surface area contributed by atoms with E-state index in [1.165, 1.54) is 31.0 Å². The third kappa shape index (κ3) is 7.89. The Morgan fingerprint density at radius 3 is 2.33 bits per heavy atom. The van der Waals surface area contributed by atoms with Crippen LogP contribution in [0.1, 0.15) is 88.6 Å². The molecule has 4 amide bonds. The number of hydrogen-bond acceptors (Lipinski definition) is 6. The lowest BCUT2D eigenvalue weighted by Gasteiger charge is -2.44. The van der Waals surface area contributed by atoms with Crippen LogP contribution in [0.4, 0.5) is 20.6 Å². The highest BCUT2D eigenvalue weighted by Crippen LogP contribution is 2.49. The number of carbonyl (C=O) groups excluding carboxylic acids is 3. The minimum absolute atomic E-state index is 0.00683. The molecule has 0 radical (unpaired) electrons. The smallest absolute Gasteiger partial charge is 0.322 e. The van der Waals surface area contributed by atoms with Gasteiger partial charge in [-0.1, -0.05) is 49.6 Å². The highest BCUT2D eigenvalue weighted by Gasteiger charge is 2.45. The molecular formula is C40H55FN6O3S. The van der Waals surface area contributed by atoms with Crippen LogP contribution in [-0.2, 0) is 16.0 Å². The fraction of sp³-hybridized carbons (Fsp3) is 0.625. The zero-order chi connectivity index (χ0) is 35.7.